The van der Waals surface area contributed by atoms with Crippen molar-refractivity contribution in [1.82, 2.24) is 5.32 Å². The van der Waals surface area contributed by atoms with Crippen LogP contribution in [0.25, 0.3) is 0 Å². The highest BCUT2D eigenvalue weighted by atomic mass is 32.2. The summed E-state index contributed by atoms with van der Waals surface area (Å²) in [6, 6.07) is 0.326. The van der Waals surface area contributed by atoms with Crippen LogP contribution in [-0.2, 0) is 4.79 Å². The van der Waals surface area contributed by atoms with Gasteiger partial charge in [0.25, 0.3) is 0 Å². The van der Waals surface area contributed by atoms with Crippen molar-refractivity contribution in [1.29, 1.82) is 0 Å². The van der Waals surface area contributed by atoms with E-state index in [9.17, 15) is 4.79 Å². The van der Waals surface area contributed by atoms with E-state index in [4.69, 9.17) is 5.73 Å². The molecule has 0 aromatic rings. The van der Waals surface area contributed by atoms with Gasteiger partial charge < -0.3 is 11.1 Å². The fourth-order valence-electron chi connectivity index (χ4n) is 2.16. The smallest absolute Gasteiger partial charge is 0.223 e. The summed E-state index contributed by atoms with van der Waals surface area (Å²) in [4.78, 5) is 11.8. The van der Waals surface area contributed by atoms with Crippen LogP contribution in [0, 0.1) is 11.8 Å². The predicted octanol–water partition coefficient (Wildman–Crippen LogP) is 1.23. The van der Waals surface area contributed by atoms with E-state index in [0.717, 1.165) is 12.2 Å². The molecule has 0 bridgehead atoms. The van der Waals surface area contributed by atoms with Gasteiger partial charge in [-0.2, -0.15) is 11.8 Å². The van der Waals surface area contributed by atoms with Crippen molar-refractivity contribution in [3.8, 4) is 0 Å². The Morgan fingerprint density at radius 2 is 2.33 bits per heavy atom. The SMILES string of the molecule is CSCC(C)C(=O)NC1CCCC1CN. The third kappa shape index (κ3) is 3.68. The van der Waals surface area contributed by atoms with Gasteiger partial charge in [0, 0.05) is 17.7 Å². The van der Waals surface area contributed by atoms with E-state index in [0.29, 0.717) is 18.5 Å². The van der Waals surface area contributed by atoms with E-state index in [1.165, 1.54) is 12.8 Å². The van der Waals surface area contributed by atoms with E-state index in [2.05, 4.69) is 5.32 Å². The van der Waals surface area contributed by atoms with E-state index in [-0.39, 0.29) is 11.8 Å². The molecular weight excluding hydrogens is 208 g/mol. The number of carbonyl (C=O) groups excluding carboxylic acids is 1. The molecule has 0 spiro atoms. The minimum absolute atomic E-state index is 0.110. The fourth-order valence-corrected chi connectivity index (χ4v) is 2.81. The third-order valence-corrected chi connectivity index (χ3v) is 3.99. The van der Waals surface area contributed by atoms with Crippen molar-refractivity contribution in [3.05, 3.63) is 0 Å². The zero-order valence-corrected chi connectivity index (χ0v) is 10.5. The van der Waals surface area contributed by atoms with Gasteiger partial charge >= 0.3 is 0 Å². The molecule has 0 aromatic heterocycles. The van der Waals surface area contributed by atoms with Crippen molar-refractivity contribution in [2.75, 3.05) is 18.6 Å². The lowest BCUT2D eigenvalue weighted by Gasteiger charge is -2.21. The van der Waals surface area contributed by atoms with Crippen LogP contribution in [0.15, 0.2) is 0 Å². The number of nitrogens with two attached hydrogens (primary N) is 1. The second kappa shape index (κ2) is 6.38. The zero-order valence-electron chi connectivity index (χ0n) is 9.66. The van der Waals surface area contributed by atoms with Crippen LogP contribution in [0.1, 0.15) is 26.2 Å². The molecule has 0 aromatic carbocycles. The first-order valence-corrected chi connectivity index (χ1v) is 7.07. The second-order valence-corrected chi connectivity index (χ2v) is 5.31. The summed E-state index contributed by atoms with van der Waals surface area (Å²) in [6.45, 7) is 2.68. The largest absolute Gasteiger partial charge is 0.353 e. The quantitative estimate of drug-likeness (QED) is 0.747. The molecule has 1 amide bonds. The number of thioether (sulfide) groups is 1. The molecule has 1 fully saturated rings. The van der Waals surface area contributed by atoms with Gasteiger partial charge in [0.05, 0.1) is 0 Å². The number of amides is 1. The molecule has 1 aliphatic carbocycles. The van der Waals surface area contributed by atoms with Crippen LogP contribution in [0.3, 0.4) is 0 Å². The molecule has 15 heavy (non-hydrogen) atoms. The molecule has 0 heterocycles. The second-order valence-electron chi connectivity index (χ2n) is 4.40. The number of nitrogens with one attached hydrogen (secondary N) is 1. The average molecular weight is 230 g/mol. The fraction of sp³-hybridized carbons (Fsp3) is 0.909. The van der Waals surface area contributed by atoms with E-state index >= 15 is 0 Å². The van der Waals surface area contributed by atoms with Crippen molar-refractivity contribution in [2.24, 2.45) is 17.6 Å². The van der Waals surface area contributed by atoms with E-state index in [1.54, 1.807) is 11.8 Å². The minimum atomic E-state index is 0.110. The lowest BCUT2D eigenvalue weighted by atomic mass is 10.0. The normalized spacial score (nSPS) is 27.7. The lowest BCUT2D eigenvalue weighted by Crippen LogP contribution is -2.42. The molecule has 3 nitrogen and oxygen atoms in total. The van der Waals surface area contributed by atoms with Crippen LogP contribution in [-0.4, -0.2) is 30.5 Å². The molecule has 3 atom stereocenters. The highest BCUT2D eigenvalue weighted by Gasteiger charge is 2.28. The first-order valence-electron chi connectivity index (χ1n) is 5.68. The molecule has 4 heteroatoms. The molecule has 0 saturated heterocycles. The Morgan fingerprint density at radius 1 is 1.60 bits per heavy atom. The molecule has 3 N–H and O–H groups in total. The molecule has 88 valence electrons. The van der Waals surface area contributed by atoms with E-state index in [1.807, 2.05) is 13.2 Å². The molecule has 1 saturated carbocycles. The van der Waals surface area contributed by atoms with Crippen molar-refractivity contribution in [2.45, 2.75) is 32.2 Å². The Balaban J connectivity index is 2.36. The summed E-state index contributed by atoms with van der Waals surface area (Å²) in [7, 11) is 0. The molecule has 0 aliphatic heterocycles. The highest BCUT2D eigenvalue weighted by Crippen LogP contribution is 2.24. The van der Waals surface area contributed by atoms with Gasteiger partial charge in [-0.05, 0) is 31.6 Å². The molecule has 3 unspecified atom stereocenters. The molecule has 1 rings (SSSR count). The Bertz CT molecular complexity index is 211. The lowest BCUT2D eigenvalue weighted by molar-refractivity contribution is -0.124. The summed E-state index contributed by atoms with van der Waals surface area (Å²) in [5, 5.41) is 3.13. The summed E-state index contributed by atoms with van der Waals surface area (Å²) in [5.41, 5.74) is 5.68. The standard InChI is InChI=1S/C11H22N2OS/c1-8(7-15-2)11(14)13-10-5-3-4-9(10)6-12/h8-10H,3-7,12H2,1-2H3,(H,13,14). The average Bonchev–Trinajstić information content (AvgIpc) is 2.65. The minimum Gasteiger partial charge on any atom is -0.353 e. The molecule has 1 aliphatic rings. The molecular formula is C11H22N2OS. The summed E-state index contributed by atoms with van der Waals surface area (Å²) in [6.07, 6.45) is 5.49. The Hall–Kier alpha value is -0.220. The van der Waals surface area contributed by atoms with Crippen LogP contribution in [0.4, 0.5) is 0 Å². The third-order valence-electron chi connectivity index (χ3n) is 3.15. The van der Waals surface area contributed by atoms with Gasteiger partial charge in [-0.25, -0.2) is 0 Å². The first kappa shape index (κ1) is 12.8. The Morgan fingerprint density at radius 3 is 2.93 bits per heavy atom. The topological polar surface area (TPSA) is 55.1 Å². The summed E-state index contributed by atoms with van der Waals surface area (Å²) >= 11 is 1.72. The van der Waals surface area contributed by atoms with Gasteiger partial charge in [0.15, 0.2) is 0 Å². The Kier molecular flexibility index (Phi) is 5.47. The van der Waals surface area contributed by atoms with E-state index < -0.39 is 0 Å². The van der Waals surface area contributed by atoms with Crippen molar-refractivity contribution >= 4 is 17.7 Å². The van der Waals surface area contributed by atoms with Crippen LogP contribution in [0.5, 0.6) is 0 Å². The Labute approximate surface area is 96.6 Å². The van der Waals surface area contributed by atoms with Crippen molar-refractivity contribution in [3.63, 3.8) is 0 Å². The summed E-state index contributed by atoms with van der Waals surface area (Å²) < 4.78 is 0. The van der Waals surface area contributed by atoms with Crippen LogP contribution < -0.4 is 11.1 Å². The molecule has 0 radical (unpaired) electrons. The van der Waals surface area contributed by atoms with Gasteiger partial charge in [-0.15, -0.1) is 0 Å². The number of hydrogen-bond donors (Lipinski definition) is 2. The van der Waals surface area contributed by atoms with Gasteiger partial charge in [-0.1, -0.05) is 13.3 Å². The number of hydrogen-bond acceptors (Lipinski definition) is 3. The predicted molar refractivity (Wildman–Crippen MR) is 65.9 cm³/mol. The monoisotopic (exact) mass is 230 g/mol. The van der Waals surface area contributed by atoms with Gasteiger partial charge in [0.2, 0.25) is 5.91 Å². The first-order chi connectivity index (χ1) is 7.19. The highest BCUT2D eigenvalue weighted by molar-refractivity contribution is 7.98. The van der Waals surface area contributed by atoms with Gasteiger partial charge in [-0.3, -0.25) is 4.79 Å². The zero-order chi connectivity index (χ0) is 11.3. The van der Waals surface area contributed by atoms with Crippen LogP contribution in [0.2, 0.25) is 0 Å². The maximum absolute atomic E-state index is 11.8. The number of carbonyl (C=O) groups is 1. The summed E-state index contributed by atoms with van der Waals surface area (Å²) in [5.74, 6) is 1.69. The van der Waals surface area contributed by atoms with Crippen molar-refractivity contribution < 1.29 is 4.79 Å². The van der Waals surface area contributed by atoms with Crippen LogP contribution >= 0.6 is 11.8 Å². The van der Waals surface area contributed by atoms with Gasteiger partial charge in [0.1, 0.15) is 0 Å². The number of rotatable bonds is 5. The maximum atomic E-state index is 11.8. The maximum Gasteiger partial charge on any atom is 0.223 e.